The van der Waals surface area contributed by atoms with Crippen LogP contribution in [0.1, 0.15) is 40.4 Å². The highest BCUT2D eigenvalue weighted by molar-refractivity contribution is 6.31. The van der Waals surface area contributed by atoms with E-state index in [1.54, 1.807) is 30.5 Å². The number of halogens is 1. The maximum atomic E-state index is 13.2. The monoisotopic (exact) mass is 552 g/mol. The van der Waals surface area contributed by atoms with Gasteiger partial charge in [-0.1, -0.05) is 41.9 Å². The summed E-state index contributed by atoms with van der Waals surface area (Å²) in [6.45, 7) is 2.93. The zero-order chi connectivity index (χ0) is 27.5. The van der Waals surface area contributed by atoms with Gasteiger partial charge >= 0.3 is 0 Å². The number of nitrogens with one attached hydrogen (secondary N) is 3. The van der Waals surface area contributed by atoms with E-state index < -0.39 is 0 Å². The first-order valence-corrected chi connectivity index (χ1v) is 13.8. The minimum absolute atomic E-state index is 0.0864. The van der Waals surface area contributed by atoms with Crippen LogP contribution in [0.4, 0.5) is 17.3 Å². The lowest BCUT2D eigenvalue weighted by molar-refractivity contribution is -0.115. The first-order valence-electron chi connectivity index (χ1n) is 13.4. The van der Waals surface area contributed by atoms with E-state index in [-0.39, 0.29) is 24.3 Å². The second-order valence-electron chi connectivity index (χ2n) is 10.1. The summed E-state index contributed by atoms with van der Waals surface area (Å²) in [5, 5.41) is 9.87. The first-order chi connectivity index (χ1) is 19.5. The highest BCUT2D eigenvalue weighted by Gasteiger charge is 2.23. The van der Waals surface area contributed by atoms with Crippen LogP contribution in [0.3, 0.4) is 0 Å². The summed E-state index contributed by atoms with van der Waals surface area (Å²) in [7, 11) is 0. The Kier molecular flexibility index (Phi) is 7.44. The van der Waals surface area contributed by atoms with Crippen molar-refractivity contribution in [3.8, 4) is 11.3 Å². The zero-order valence-electron chi connectivity index (χ0n) is 21.9. The molecule has 1 unspecified atom stereocenters. The molecule has 1 saturated heterocycles. The fourth-order valence-electron chi connectivity index (χ4n) is 5.24. The Hall–Kier alpha value is -4.27. The summed E-state index contributed by atoms with van der Waals surface area (Å²) >= 11 is 6.15. The molecule has 2 aliphatic rings. The molecule has 6 rings (SSSR count). The summed E-state index contributed by atoms with van der Waals surface area (Å²) in [5.41, 5.74) is 5.22. The number of fused-ring (bicyclic) bond motifs is 3. The smallest absolute Gasteiger partial charge is 0.251 e. The summed E-state index contributed by atoms with van der Waals surface area (Å²) in [5.74, 6) is 0.129. The van der Waals surface area contributed by atoms with E-state index in [4.69, 9.17) is 16.6 Å². The van der Waals surface area contributed by atoms with Crippen molar-refractivity contribution < 1.29 is 9.59 Å². The predicted octanol–water partition coefficient (Wildman–Crippen LogP) is 5.60. The molecule has 40 heavy (non-hydrogen) atoms. The summed E-state index contributed by atoms with van der Waals surface area (Å²) in [6, 6.07) is 22.6. The summed E-state index contributed by atoms with van der Waals surface area (Å²) in [4.78, 5) is 37.1. The van der Waals surface area contributed by atoms with Gasteiger partial charge in [0, 0.05) is 40.1 Å². The lowest BCUT2D eigenvalue weighted by atomic mass is 10.1. The number of rotatable bonds is 7. The van der Waals surface area contributed by atoms with Crippen LogP contribution >= 0.6 is 11.6 Å². The SMILES string of the molecule is O=C1Cc2cnc(Nc3ccc(C(=O)NC(CN4CCCC4)c4ccccc4)cc3)nc2-c2ccc(Cl)cc2N1. The topological polar surface area (TPSA) is 99.2 Å². The molecule has 9 heteroatoms. The number of anilines is 3. The molecule has 0 spiro atoms. The van der Waals surface area contributed by atoms with E-state index in [0.29, 0.717) is 27.9 Å². The summed E-state index contributed by atoms with van der Waals surface area (Å²) in [6.07, 6.45) is 4.24. The predicted molar refractivity (Wildman–Crippen MR) is 157 cm³/mol. The molecule has 1 aromatic heterocycles. The second kappa shape index (κ2) is 11.5. The number of benzene rings is 3. The van der Waals surface area contributed by atoms with Crippen molar-refractivity contribution >= 4 is 40.7 Å². The van der Waals surface area contributed by atoms with Gasteiger partial charge in [-0.2, -0.15) is 0 Å². The Morgan fingerprint density at radius 1 is 1.02 bits per heavy atom. The Labute approximate surface area is 237 Å². The number of hydrogen-bond acceptors (Lipinski definition) is 6. The fraction of sp³-hybridized carbons (Fsp3) is 0.226. The quantitative estimate of drug-likeness (QED) is 0.276. The molecule has 0 radical (unpaired) electrons. The van der Waals surface area contributed by atoms with Gasteiger partial charge in [0.15, 0.2) is 0 Å². The second-order valence-corrected chi connectivity index (χ2v) is 10.6. The highest BCUT2D eigenvalue weighted by atomic mass is 35.5. The van der Waals surface area contributed by atoms with Crippen molar-refractivity contribution in [3.63, 3.8) is 0 Å². The van der Waals surface area contributed by atoms with Crippen LogP contribution in [0, 0.1) is 0 Å². The lowest BCUT2D eigenvalue weighted by Gasteiger charge is -2.25. The van der Waals surface area contributed by atoms with Gasteiger partial charge in [0.2, 0.25) is 11.9 Å². The third-order valence-corrected chi connectivity index (χ3v) is 7.51. The number of hydrogen-bond donors (Lipinski definition) is 3. The number of amides is 2. The molecule has 0 aliphatic carbocycles. The normalized spacial score (nSPS) is 15.4. The molecular weight excluding hydrogens is 524 g/mol. The van der Waals surface area contributed by atoms with Crippen LogP contribution in [0.15, 0.2) is 79.0 Å². The van der Waals surface area contributed by atoms with Gasteiger partial charge in [-0.05, 0) is 74.0 Å². The highest BCUT2D eigenvalue weighted by Crippen LogP contribution is 2.35. The molecule has 2 amide bonds. The van der Waals surface area contributed by atoms with Crippen molar-refractivity contribution in [2.24, 2.45) is 0 Å². The van der Waals surface area contributed by atoms with Crippen molar-refractivity contribution in [2.75, 3.05) is 30.3 Å². The van der Waals surface area contributed by atoms with Crippen LogP contribution in [-0.2, 0) is 11.2 Å². The van der Waals surface area contributed by atoms with Crippen LogP contribution in [0.5, 0.6) is 0 Å². The minimum Gasteiger partial charge on any atom is -0.344 e. The number of carbonyl (C=O) groups excluding carboxylic acids is 2. The third kappa shape index (κ3) is 5.83. The molecule has 0 bridgehead atoms. The Balaban J connectivity index is 1.18. The number of carbonyl (C=O) groups is 2. The molecule has 0 saturated carbocycles. The van der Waals surface area contributed by atoms with E-state index in [1.165, 1.54) is 12.8 Å². The maximum absolute atomic E-state index is 13.2. The Morgan fingerprint density at radius 3 is 2.58 bits per heavy atom. The number of aromatic nitrogens is 2. The fourth-order valence-corrected chi connectivity index (χ4v) is 5.41. The molecule has 3 N–H and O–H groups in total. The zero-order valence-corrected chi connectivity index (χ0v) is 22.6. The molecule has 3 heterocycles. The van der Waals surface area contributed by atoms with Crippen LogP contribution in [-0.4, -0.2) is 46.3 Å². The van der Waals surface area contributed by atoms with E-state index in [2.05, 4.69) is 38.0 Å². The number of likely N-dealkylation sites (tertiary alicyclic amines) is 1. The van der Waals surface area contributed by atoms with Crippen molar-refractivity contribution in [3.05, 3.63) is 101 Å². The molecule has 1 atom stereocenters. The van der Waals surface area contributed by atoms with Crippen LogP contribution in [0.25, 0.3) is 11.3 Å². The molecule has 2 aliphatic heterocycles. The van der Waals surface area contributed by atoms with Crippen molar-refractivity contribution in [1.82, 2.24) is 20.2 Å². The van der Waals surface area contributed by atoms with Gasteiger partial charge in [-0.15, -0.1) is 0 Å². The molecule has 1 fully saturated rings. The summed E-state index contributed by atoms with van der Waals surface area (Å²) < 4.78 is 0. The molecule has 3 aromatic carbocycles. The Bertz CT molecular complexity index is 1540. The van der Waals surface area contributed by atoms with Gasteiger partial charge in [-0.3, -0.25) is 9.59 Å². The maximum Gasteiger partial charge on any atom is 0.251 e. The van der Waals surface area contributed by atoms with Gasteiger partial charge in [0.1, 0.15) is 0 Å². The van der Waals surface area contributed by atoms with E-state index >= 15 is 0 Å². The standard InChI is InChI=1S/C31H29ClN6O2/c32-23-10-13-25-26(17-23)35-28(39)16-22-18-33-31(37-29(22)25)34-24-11-8-21(9-12-24)30(40)36-27(19-38-14-4-5-15-38)20-6-2-1-3-7-20/h1-3,6-13,17-18,27H,4-5,14-16,19H2,(H,35,39)(H,36,40)(H,33,34,37). The largest absolute Gasteiger partial charge is 0.344 e. The van der Waals surface area contributed by atoms with Crippen LogP contribution in [0.2, 0.25) is 5.02 Å². The van der Waals surface area contributed by atoms with Gasteiger partial charge < -0.3 is 20.9 Å². The third-order valence-electron chi connectivity index (χ3n) is 7.28. The van der Waals surface area contributed by atoms with Gasteiger partial charge in [0.05, 0.1) is 23.8 Å². The molecule has 202 valence electrons. The van der Waals surface area contributed by atoms with Crippen molar-refractivity contribution in [2.45, 2.75) is 25.3 Å². The van der Waals surface area contributed by atoms with Crippen molar-refractivity contribution in [1.29, 1.82) is 0 Å². The Morgan fingerprint density at radius 2 is 1.80 bits per heavy atom. The molecule has 8 nitrogen and oxygen atoms in total. The van der Waals surface area contributed by atoms with Crippen LogP contribution < -0.4 is 16.0 Å². The first kappa shape index (κ1) is 26.0. The number of nitrogens with zero attached hydrogens (tertiary/aromatic N) is 3. The van der Waals surface area contributed by atoms with E-state index in [1.807, 2.05) is 36.4 Å². The lowest BCUT2D eigenvalue weighted by Crippen LogP contribution is -2.37. The molecular formula is C31H29ClN6O2. The average Bonchev–Trinajstić information content (AvgIpc) is 3.43. The van der Waals surface area contributed by atoms with E-state index in [9.17, 15) is 9.59 Å². The van der Waals surface area contributed by atoms with Gasteiger partial charge in [-0.25, -0.2) is 9.97 Å². The molecule has 4 aromatic rings. The van der Waals surface area contributed by atoms with Gasteiger partial charge in [0.25, 0.3) is 5.91 Å². The minimum atomic E-state index is -0.143. The average molecular weight is 553 g/mol. The van der Waals surface area contributed by atoms with E-state index in [0.717, 1.165) is 42.0 Å².